The average molecular weight is 398 g/mol. The highest BCUT2D eigenvalue weighted by Gasteiger charge is 2.12. The van der Waals surface area contributed by atoms with Crippen LogP contribution in [-0.4, -0.2) is 22.4 Å². The zero-order chi connectivity index (χ0) is 12.1. The van der Waals surface area contributed by atoms with Crippen molar-refractivity contribution in [2.45, 2.75) is 18.2 Å². The van der Waals surface area contributed by atoms with Crippen molar-refractivity contribution in [3.05, 3.63) is 27.3 Å². The number of nitrogens with one attached hydrogen (secondary N) is 1. The summed E-state index contributed by atoms with van der Waals surface area (Å²) in [5.74, 6) is -0.227. The molecule has 0 saturated carbocycles. The van der Waals surface area contributed by atoms with Crippen LogP contribution in [-0.2, 0) is 0 Å². The van der Waals surface area contributed by atoms with Crippen LogP contribution in [0.2, 0.25) is 0 Å². The monoisotopic (exact) mass is 397 g/mol. The molecular weight excluding hydrogens is 385 g/mol. The smallest absolute Gasteiger partial charge is 0.255 e. The number of amides is 1. The van der Waals surface area contributed by atoms with Crippen molar-refractivity contribution < 1.29 is 9.90 Å². The molecule has 0 aliphatic heterocycles. The Morgan fingerprint density at radius 3 is 2.94 bits per heavy atom. The van der Waals surface area contributed by atoms with Gasteiger partial charge in [-0.25, -0.2) is 0 Å². The summed E-state index contributed by atoms with van der Waals surface area (Å²) in [5.41, 5.74) is 0.322. The predicted molar refractivity (Wildman–Crippen MR) is 76.2 cm³/mol. The second kappa shape index (κ2) is 6.44. The van der Waals surface area contributed by atoms with Crippen molar-refractivity contribution in [3.8, 4) is 5.75 Å². The van der Waals surface area contributed by atoms with E-state index in [1.165, 1.54) is 6.07 Å². The lowest BCUT2D eigenvalue weighted by Crippen LogP contribution is -2.29. The first-order valence-electron chi connectivity index (χ1n) is 4.95. The van der Waals surface area contributed by atoms with Crippen LogP contribution in [0.3, 0.4) is 0 Å². The second-order valence-corrected chi connectivity index (χ2v) is 5.92. The van der Waals surface area contributed by atoms with E-state index in [1.807, 2.05) is 6.92 Å². The summed E-state index contributed by atoms with van der Waals surface area (Å²) in [5, 5.41) is 12.3. The molecule has 0 spiro atoms. The minimum Gasteiger partial charge on any atom is -0.507 e. The third kappa shape index (κ3) is 3.93. The van der Waals surface area contributed by atoms with Gasteiger partial charge in [-0.15, -0.1) is 0 Å². The number of halogens is 2. The molecule has 5 heteroatoms. The zero-order valence-corrected chi connectivity index (χ0v) is 12.6. The number of phenolic OH excluding ortho intramolecular Hbond substituents is 1. The van der Waals surface area contributed by atoms with Crippen molar-refractivity contribution in [3.63, 3.8) is 0 Å². The lowest BCUT2D eigenvalue weighted by Gasteiger charge is -2.10. The van der Waals surface area contributed by atoms with E-state index < -0.39 is 0 Å². The highest BCUT2D eigenvalue weighted by atomic mass is 127. The first-order valence-corrected chi connectivity index (χ1v) is 6.94. The summed E-state index contributed by atoms with van der Waals surface area (Å²) < 4.78 is 0.923. The summed E-state index contributed by atoms with van der Waals surface area (Å²) in [6.45, 7) is 2.59. The minimum absolute atomic E-state index is 0.0144. The summed E-state index contributed by atoms with van der Waals surface area (Å²) >= 11 is 5.54. The zero-order valence-electron chi connectivity index (χ0n) is 8.84. The molecule has 0 saturated heterocycles. The minimum atomic E-state index is -0.242. The van der Waals surface area contributed by atoms with Crippen molar-refractivity contribution in [2.75, 3.05) is 6.54 Å². The molecule has 1 aromatic carbocycles. The molecule has 0 aliphatic rings. The quantitative estimate of drug-likeness (QED) is 0.606. The summed E-state index contributed by atoms with van der Waals surface area (Å²) in [4.78, 5) is 12.0. The molecule has 3 nitrogen and oxygen atoms in total. The van der Waals surface area contributed by atoms with E-state index in [4.69, 9.17) is 0 Å². The van der Waals surface area contributed by atoms with Gasteiger partial charge in [0.1, 0.15) is 5.75 Å². The highest BCUT2D eigenvalue weighted by molar-refractivity contribution is 14.1. The van der Waals surface area contributed by atoms with Gasteiger partial charge in [-0.2, -0.15) is 0 Å². The summed E-state index contributed by atoms with van der Waals surface area (Å²) in [6.07, 6.45) is 0.943. The van der Waals surface area contributed by atoms with Crippen molar-refractivity contribution in [1.29, 1.82) is 0 Å². The number of carbonyl (C=O) groups is 1. The van der Waals surface area contributed by atoms with Gasteiger partial charge >= 0.3 is 0 Å². The van der Waals surface area contributed by atoms with Crippen LogP contribution in [0.1, 0.15) is 23.7 Å². The fourth-order valence-corrected chi connectivity index (χ4v) is 1.79. The molecule has 88 valence electrons. The van der Waals surface area contributed by atoms with E-state index in [2.05, 4.69) is 43.8 Å². The second-order valence-electron chi connectivity index (χ2n) is 3.38. The molecule has 16 heavy (non-hydrogen) atoms. The van der Waals surface area contributed by atoms with Crippen molar-refractivity contribution >= 4 is 44.4 Å². The molecule has 1 atom stereocenters. The van der Waals surface area contributed by atoms with Crippen molar-refractivity contribution in [1.82, 2.24) is 5.32 Å². The molecule has 0 fully saturated rings. The highest BCUT2D eigenvalue weighted by Crippen LogP contribution is 2.19. The van der Waals surface area contributed by atoms with Gasteiger partial charge in [-0.3, -0.25) is 4.79 Å². The molecule has 0 radical (unpaired) electrons. The molecule has 0 aromatic heterocycles. The molecule has 1 amide bonds. The topological polar surface area (TPSA) is 49.3 Å². The Labute approximate surface area is 117 Å². The van der Waals surface area contributed by atoms with Gasteiger partial charge in [-0.1, -0.05) is 22.9 Å². The molecule has 0 heterocycles. The summed E-state index contributed by atoms with van der Waals surface area (Å²) in [7, 11) is 0. The Balaban J connectivity index is 2.69. The Morgan fingerprint density at radius 2 is 2.31 bits per heavy atom. The number of benzene rings is 1. The number of phenols is 1. The molecule has 2 N–H and O–H groups in total. The van der Waals surface area contributed by atoms with E-state index in [-0.39, 0.29) is 16.5 Å². The maximum Gasteiger partial charge on any atom is 0.255 e. The Hall–Kier alpha value is -0.300. The third-order valence-corrected chi connectivity index (χ3v) is 3.77. The number of carbonyl (C=O) groups excluding carboxylic acids is 1. The van der Waals surface area contributed by atoms with Gasteiger partial charge in [0.25, 0.3) is 5.91 Å². The number of hydrogen-bond acceptors (Lipinski definition) is 2. The van der Waals surface area contributed by atoms with E-state index in [1.54, 1.807) is 12.1 Å². The maximum atomic E-state index is 11.7. The Kier molecular flexibility index (Phi) is 5.54. The Bertz CT molecular complexity index is 384. The Morgan fingerprint density at radius 1 is 1.62 bits per heavy atom. The van der Waals surface area contributed by atoms with E-state index in [9.17, 15) is 9.90 Å². The van der Waals surface area contributed by atoms with E-state index in [0.717, 1.165) is 9.99 Å². The largest absolute Gasteiger partial charge is 0.507 e. The van der Waals surface area contributed by atoms with Crippen LogP contribution >= 0.6 is 38.5 Å². The van der Waals surface area contributed by atoms with Crippen LogP contribution in [0.25, 0.3) is 0 Å². The first-order chi connectivity index (χ1) is 7.54. The first kappa shape index (κ1) is 13.8. The lowest BCUT2D eigenvalue weighted by molar-refractivity contribution is 0.0951. The average Bonchev–Trinajstić information content (AvgIpc) is 2.28. The third-order valence-electron chi connectivity index (χ3n) is 2.13. The van der Waals surface area contributed by atoms with Gasteiger partial charge in [0.15, 0.2) is 0 Å². The normalized spacial score (nSPS) is 12.2. The standard InChI is InChI=1S/C11H13BrINO2/c1-2-7(12)6-14-11(16)9-5-8(13)3-4-10(9)15/h3-5,7,15H,2,6H2,1H3,(H,14,16). The van der Waals surface area contributed by atoms with Gasteiger partial charge in [-0.05, 0) is 47.2 Å². The molecule has 0 aliphatic carbocycles. The molecule has 1 unspecified atom stereocenters. The number of aromatic hydroxyl groups is 1. The lowest BCUT2D eigenvalue weighted by atomic mass is 10.2. The molecular formula is C11H13BrINO2. The van der Waals surface area contributed by atoms with Gasteiger partial charge in [0, 0.05) is 14.9 Å². The van der Waals surface area contributed by atoms with Crippen LogP contribution in [0.15, 0.2) is 18.2 Å². The number of rotatable bonds is 4. The van der Waals surface area contributed by atoms with Crippen LogP contribution in [0.5, 0.6) is 5.75 Å². The fourth-order valence-electron chi connectivity index (χ4n) is 1.13. The van der Waals surface area contributed by atoms with Crippen LogP contribution < -0.4 is 5.32 Å². The molecule has 0 bridgehead atoms. The molecule has 1 rings (SSSR count). The predicted octanol–water partition coefficient (Wildman–Crippen LogP) is 2.90. The van der Waals surface area contributed by atoms with E-state index in [0.29, 0.717) is 12.1 Å². The fraction of sp³-hybridized carbons (Fsp3) is 0.364. The number of hydrogen-bond donors (Lipinski definition) is 2. The molecule has 1 aromatic rings. The van der Waals surface area contributed by atoms with Gasteiger partial charge in [0.2, 0.25) is 0 Å². The SMILES string of the molecule is CCC(Br)CNC(=O)c1cc(I)ccc1O. The number of alkyl halides is 1. The van der Waals surface area contributed by atoms with E-state index >= 15 is 0 Å². The summed E-state index contributed by atoms with van der Waals surface area (Å²) in [6, 6.07) is 4.95. The van der Waals surface area contributed by atoms with Crippen LogP contribution in [0.4, 0.5) is 0 Å². The van der Waals surface area contributed by atoms with Gasteiger partial charge < -0.3 is 10.4 Å². The van der Waals surface area contributed by atoms with Crippen molar-refractivity contribution in [2.24, 2.45) is 0 Å². The van der Waals surface area contributed by atoms with Crippen LogP contribution in [0, 0.1) is 3.57 Å². The maximum absolute atomic E-state index is 11.7. The van der Waals surface area contributed by atoms with Gasteiger partial charge in [0.05, 0.1) is 5.56 Å².